The highest BCUT2D eigenvalue weighted by Gasteiger charge is 2.36. The van der Waals surface area contributed by atoms with E-state index in [1.807, 2.05) is 17.5 Å². The highest BCUT2D eigenvalue weighted by Crippen LogP contribution is 2.35. The van der Waals surface area contributed by atoms with Gasteiger partial charge in [0.2, 0.25) is 11.8 Å². The van der Waals surface area contributed by atoms with Crippen molar-refractivity contribution in [1.29, 1.82) is 0 Å². The van der Waals surface area contributed by atoms with E-state index in [9.17, 15) is 14.4 Å². The van der Waals surface area contributed by atoms with Crippen LogP contribution in [0.4, 0.5) is 0 Å². The van der Waals surface area contributed by atoms with Crippen molar-refractivity contribution in [1.82, 2.24) is 10.2 Å². The van der Waals surface area contributed by atoms with Crippen molar-refractivity contribution in [2.75, 3.05) is 6.54 Å². The Morgan fingerprint density at radius 2 is 2.04 bits per heavy atom. The third-order valence-electron chi connectivity index (χ3n) is 4.53. The van der Waals surface area contributed by atoms with Gasteiger partial charge in [-0.25, -0.2) is 0 Å². The van der Waals surface area contributed by atoms with Crippen molar-refractivity contribution >= 4 is 40.7 Å². The predicted molar refractivity (Wildman–Crippen MR) is 105 cm³/mol. The normalized spacial score (nSPS) is 17.5. The maximum absolute atomic E-state index is 13.1. The lowest BCUT2D eigenvalue weighted by atomic mass is 10.1. The molecule has 0 saturated carbocycles. The summed E-state index contributed by atoms with van der Waals surface area (Å²) in [5.41, 5.74) is 5.57. The lowest BCUT2D eigenvalue weighted by Crippen LogP contribution is -2.50. The highest BCUT2D eigenvalue weighted by atomic mass is 35.5. The van der Waals surface area contributed by atoms with E-state index >= 15 is 0 Å². The van der Waals surface area contributed by atoms with Gasteiger partial charge in [0, 0.05) is 11.4 Å². The van der Waals surface area contributed by atoms with Crippen LogP contribution in [0.1, 0.15) is 40.5 Å². The van der Waals surface area contributed by atoms with Gasteiger partial charge in [-0.15, -0.1) is 11.3 Å². The molecule has 2 aromatic rings. The number of amides is 3. The first kappa shape index (κ1) is 19.4. The smallest absolute Gasteiger partial charge is 0.253 e. The second-order valence-corrected chi connectivity index (χ2v) is 7.77. The fraction of sp³-hybridized carbons (Fsp3) is 0.316. The van der Waals surface area contributed by atoms with E-state index in [0.29, 0.717) is 6.54 Å². The summed E-state index contributed by atoms with van der Waals surface area (Å²) >= 11 is 7.65. The van der Waals surface area contributed by atoms with E-state index in [0.717, 1.165) is 17.7 Å². The SMILES string of the molecule is NC(=O)CC(NC(=O)c1ccccc1Cl)C(=O)N1CCCC1c1cccs1. The number of carbonyl (C=O) groups is 3. The van der Waals surface area contributed by atoms with Crippen molar-refractivity contribution in [2.24, 2.45) is 5.73 Å². The number of hydrogen-bond acceptors (Lipinski definition) is 4. The molecule has 1 fully saturated rings. The molecule has 1 aromatic heterocycles. The Kier molecular flexibility index (Phi) is 6.13. The zero-order chi connectivity index (χ0) is 19.4. The van der Waals surface area contributed by atoms with Gasteiger partial charge in [0.15, 0.2) is 0 Å². The number of carbonyl (C=O) groups excluding carboxylic acids is 3. The van der Waals surface area contributed by atoms with Crippen LogP contribution < -0.4 is 11.1 Å². The molecule has 0 spiro atoms. The van der Waals surface area contributed by atoms with Gasteiger partial charge < -0.3 is 16.0 Å². The summed E-state index contributed by atoms with van der Waals surface area (Å²) in [5.74, 6) is -1.46. The van der Waals surface area contributed by atoms with Gasteiger partial charge in [0.05, 0.1) is 23.0 Å². The zero-order valence-corrected chi connectivity index (χ0v) is 16.1. The summed E-state index contributed by atoms with van der Waals surface area (Å²) in [6, 6.07) is 9.42. The molecule has 1 aromatic carbocycles. The van der Waals surface area contributed by atoms with E-state index in [2.05, 4.69) is 5.32 Å². The number of nitrogens with zero attached hydrogens (tertiary/aromatic N) is 1. The molecule has 1 aliphatic rings. The molecule has 0 bridgehead atoms. The van der Waals surface area contributed by atoms with E-state index in [-0.39, 0.29) is 29.0 Å². The minimum absolute atomic E-state index is 0.0370. The van der Waals surface area contributed by atoms with Gasteiger partial charge in [0.25, 0.3) is 5.91 Å². The number of thiophene rings is 1. The highest BCUT2D eigenvalue weighted by molar-refractivity contribution is 7.10. The Morgan fingerprint density at radius 3 is 2.70 bits per heavy atom. The Hall–Kier alpha value is -2.38. The number of rotatable bonds is 6. The number of likely N-dealkylation sites (tertiary alicyclic amines) is 1. The fourth-order valence-corrected chi connectivity index (χ4v) is 4.39. The number of primary amides is 1. The van der Waals surface area contributed by atoms with Crippen LogP contribution >= 0.6 is 22.9 Å². The quantitative estimate of drug-likeness (QED) is 0.773. The Morgan fingerprint density at radius 1 is 1.26 bits per heavy atom. The molecule has 0 radical (unpaired) electrons. The molecule has 142 valence electrons. The molecule has 1 aliphatic heterocycles. The zero-order valence-electron chi connectivity index (χ0n) is 14.6. The first-order valence-electron chi connectivity index (χ1n) is 8.65. The molecule has 3 amide bonds. The molecule has 2 heterocycles. The molecule has 3 N–H and O–H groups in total. The van der Waals surface area contributed by atoms with Crippen LogP contribution in [-0.2, 0) is 9.59 Å². The molecule has 6 nitrogen and oxygen atoms in total. The summed E-state index contributed by atoms with van der Waals surface area (Å²) in [6.45, 7) is 0.582. The number of nitrogens with two attached hydrogens (primary N) is 1. The molecule has 3 rings (SSSR count). The van der Waals surface area contributed by atoms with E-state index in [1.54, 1.807) is 40.5 Å². The Bertz CT molecular complexity index is 840. The summed E-state index contributed by atoms with van der Waals surface area (Å²) in [6.07, 6.45) is 1.47. The van der Waals surface area contributed by atoms with Gasteiger partial charge in [0.1, 0.15) is 6.04 Å². The van der Waals surface area contributed by atoms with E-state index in [4.69, 9.17) is 17.3 Å². The fourth-order valence-electron chi connectivity index (χ4n) is 3.29. The van der Waals surface area contributed by atoms with Crippen LogP contribution in [0, 0.1) is 0 Å². The molecule has 27 heavy (non-hydrogen) atoms. The minimum atomic E-state index is -1.02. The second-order valence-electron chi connectivity index (χ2n) is 6.38. The minimum Gasteiger partial charge on any atom is -0.370 e. The second kappa shape index (κ2) is 8.54. The Labute approximate surface area is 166 Å². The number of benzene rings is 1. The average molecular weight is 406 g/mol. The van der Waals surface area contributed by atoms with Gasteiger partial charge in [-0.3, -0.25) is 14.4 Å². The maximum atomic E-state index is 13.1. The van der Waals surface area contributed by atoms with Crippen molar-refractivity contribution in [3.05, 3.63) is 57.2 Å². The Balaban J connectivity index is 1.79. The largest absolute Gasteiger partial charge is 0.370 e. The predicted octanol–water partition coefficient (Wildman–Crippen LogP) is 2.74. The van der Waals surface area contributed by atoms with E-state index in [1.165, 1.54) is 0 Å². The molecule has 2 atom stereocenters. The van der Waals surface area contributed by atoms with Gasteiger partial charge in [-0.05, 0) is 36.4 Å². The number of nitrogens with one attached hydrogen (secondary N) is 1. The van der Waals surface area contributed by atoms with Crippen LogP contribution in [0.5, 0.6) is 0 Å². The molecule has 2 unspecified atom stereocenters. The van der Waals surface area contributed by atoms with Crippen LogP contribution in [0.2, 0.25) is 5.02 Å². The molecule has 8 heteroatoms. The lowest BCUT2D eigenvalue weighted by molar-refractivity contribution is -0.136. The van der Waals surface area contributed by atoms with Crippen LogP contribution in [0.25, 0.3) is 0 Å². The summed E-state index contributed by atoms with van der Waals surface area (Å²) in [4.78, 5) is 40.0. The van der Waals surface area contributed by atoms with Crippen molar-refractivity contribution in [3.63, 3.8) is 0 Å². The standard InChI is InChI=1S/C19H20ClN3O3S/c20-13-6-2-1-5-12(13)18(25)22-14(11-17(21)24)19(26)23-9-3-7-15(23)16-8-4-10-27-16/h1-2,4-6,8,10,14-15H,3,7,9,11H2,(H2,21,24)(H,22,25). The van der Waals surface area contributed by atoms with Crippen molar-refractivity contribution in [2.45, 2.75) is 31.3 Å². The maximum Gasteiger partial charge on any atom is 0.253 e. The van der Waals surface area contributed by atoms with Crippen LogP contribution in [-0.4, -0.2) is 35.2 Å². The van der Waals surface area contributed by atoms with Crippen LogP contribution in [0.15, 0.2) is 41.8 Å². The number of halogens is 1. The van der Waals surface area contributed by atoms with E-state index < -0.39 is 17.9 Å². The number of hydrogen-bond donors (Lipinski definition) is 2. The van der Waals surface area contributed by atoms with Crippen LogP contribution in [0.3, 0.4) is 0 Å². The summed E-state index contributed by atoms with van der Waals surface area (Å²) < 4.78 is 0. The van der Waals surface area contributed by atoms with Gasteiger partial charge in [-0.2, -0.15) is 0 Å². The molecule has 0 aliphatic carbocycles. The topological polar surface area (TPSA) is 92.5 Å². The average Bonchev–Trinajstić information content (AvgIpc) is 3.31. The summed E-state index contributed by atoms with van der Waals surface area (Å²) in [5, 5.41) is 4.88. The van der Waals surface area contributed by atoms with Crippen molar-refractivity contribution < 1.29 is 14.4 Å². The van der Waals surface area contributed by atoms with Gasteiger partial charge >= 0.3 is 0 Å². The third-order valence-corrected chi connectivity index (χ3v) is 5.84. The molecule has 1 saturated heterocycles. The molecular formula is C19H20ClN3O3S. The van der Waals surface area contributed by atoms with Gasteiger partial charge in [-0.1, -0.05) is 29.8 Å². The van der Waals surface area contributed by atoms with Crippen molar-refractivity contribution in [3.8, 4) is 0 Å². The lowest BCUT2D eigenvalue weighted by Gasteiger charge is -2.28. The molecular weight excluding hydrogens is 386 g/mol. The first-order valence-corrected chi connectivity index (χ1v) is 9.90. The first-order chi connectivity index (χ1) is 13.0. The summed E-state index contributed by atoms with van der Waals surface area (Å²) in [7, 11) is 0. The monoisotopic (exact) mass is 405 g/mol. The third kappa shape index (κ3) is 4.48.